The van der Waals surface area contributed by atoms with E-state index in [2.05, 4.69) is 35.7 Å². The number of anilines is 5. The summed E-state index contributed by atoms with van der Waals surface area (Å²) in [6.45, 7) is 0.293. The molecule has 0 bridgehead atoms. The van der Waals surface area contributed by atoms with Crippen molar-refractivity contribution in [3.05, 3.63) is 58.5 Å². The zero-order chi connectivity index (χ0) is 26.1. The monoisotopic (exact) mass is 533 g/mol. The second-order valence-corrected chi connectivity index (χ2v) is 9.03. The number of piperazine rings is 1. The Bertz CT molecular complexity index is 1340. The molecule has 0 aliphatic carbocycles. The summed E-state index contributed by atoms with van der Waals surface area (Å²) in [5.41, 5.74) is 1.71. The van der Waals surface area contributed by atoms with Crippen LogP contribution in [0.3, 0.4) is 0 Å². The molecule has 2 aliphatic heterocycles. The predicted octanol–water partition coefficient (Wildman–Crippen LogP) is 4.35. The van der Waals surface area contributed by atoms with Crippen LogP contribution in [0.1, 0.15) is 15.9 Å². The highest BCUT2D eigenvalue weighted by atomic mass is 35.5. The van der Waals surface area contributed by atoms with Gasteiger partial charge in [-0.25, -0.2) is 9.37 Å². The van der Waals surface area contributed by atoms with Gasteiger partial charge in [-0.05, 0) is 31.3 Å². The summed E-state index contributed by atoms with van der Waals surface area (Å²) in [6, 6.07) is 7.63. The van der Waals surface area contributed by atoms with Gasteiger partial charge in [0.25, 0.3) is 5.91 Å². The van der Waals surface area contributed by atoms with E-state index < -0.39 is 18.3 Å². The van der Waals surface area contributed by atoms with Crippen molar-refractivity contribution < 1.29 is 22.7 Å². The van der Waals surface area contributed by atoms with Gasteiger partial charge in [-0.3, -0.25) is 4.79 Å². The van der Waals surface area contributed by atoms with Crippen LogP contribution in [0.4, 0.5) is 42.0 Å². The molecule has 37 heavy (non-hydrogen) atoms. The number of nitrogens with zero attached hydrogens (tertiary/aromatic N) is 4. The first-order valence-corrected chi connectivity index (χ1v) is 11.8. The Morgan fingerprint density at radius 3 is 2.62 bits per heavy atom. The molecule has 1 saturated heterocycles. The number of carbonyl (C=O) groups excluding carboxylic acids is 1. The Morgan fingerprint density at radius 1 is 1.11 bits per heavy atom. The fraction of sp³-hybridized carbons (Fsp3) is 0.292. The van der Waals surface area contributed by atoms with Crippen LogP contribution in [0.2, 0.25) is 5.02 Å². The third kappa shape index (κ3) is 5.35. The summed E-state index contributed by atoms with van der Waals surface area (Å²) in [4.78, 5) is 25.0. The smallest absolute Gasteiger partial charge is 0.387 e. The fourth-order valence-electron chi connectivity index (χ4n) is 4.25. The molecule has 1 aromatic heterocycles. The highest BCUT2D eigenvalue weighted by Crippen LogP contribution is 2.35. The third-order valence-corrected chi connectivity index (χ3v) is 6.48. The van der Waals surface area contributed by atoms with Crippen LogP contribution in [0.25, 0.3) is 0 Å². The number of nitrogens with one attached hydrogen (secondary N) is 3. The average molecular weight is 534 g/mol. The number of hydrogen-bond donors (Lipinski definition) is 3. The van der Waals surface area contributed by atoms with Crippen LogP contribution < -0.4 is 25.6 Å². The summed E-state index contributed by atoms with van der Waals surface area (Å²) in [6.07, 6.45) is 1.31. The molecule has 3 heterocycles. The van der Waals surface area contributed by atoms with E-state index in [0.29, 0.717) is 5.69 Å². The SMILES string of the molecule is CN1CCN(c2ccc(Nc3ncc(Cl)c(Nc4ccc(F)c5c4C(=O)NC5)n3)c(OC(F)F)c2)CC1. The minimum atomic E-state index is -3.03. The van der Waals surface area contributed by atoms with Crippen molar-refractivity contribution in [1.29, 1.82) is 0 Å². The molecule has 0 unspecified atom stereocenters. The molecular weight excluding hydrogens is 511 g/mol. The van der Waals surface area contributed by atoms with Gasteiger partial charge in [0.2, 0.25) is 5.95 Å². The lowest BCUT2D eigenvalue weighted by Gasteiger charge is -2.34. The normalized spacial score (nSPS) is 15.5. The first kappa shape index (κ1) is 24.9. The fourth-order valence-corrected chi connectivity index (χ4v) is 4.39. The van der Waals surface area contributed by atoms with E-state index in [1.165, 1.54) is 18.3 Å². The predicted molar refractivity (Wildman–Crippen MR) is 134 cm³/mol. The minimum Gasteiger partial charge on any atom is -0.433 e. The van der Waals surface area contributed by atoms with Crippen LogP contribution >= 0.6 is 11.6 Å². The Hall–Kier alpha value is -3.77. The van der Waals surface area contributed by atoms with Crippen molar-refractivity contribution in [2.45, 2.75) is 13.2 Å². The number of benzene rings is 2. The van der Waals surface area contributed by atoms with Crippen LogP contribution in [-0.2, 0) is 6.54 Å². The topological polar surface area (TPSA) is 94.7 Å². The van der Waals surface area contributed by atoms with Gasteiger partial charge in [0.1, 0.15) is 10.8 Å². The van der Waals surface area contributed by atoms with Crippen LogP contribution in [0.15, 0.2) is 36.5 Å². The van der Waals surface area contributed by atoms with Gasteiger partial charge in [0.15, 0.2) is 11.6 Å². The zero-order valence-corrected chi connectivity index (χ0v) is 20.5. The lowest BCUT2D eigenvalue weighted by Crippen LogP contribution is -2.44. The molecule has 3 N–H and O–H groups in total. The van der Waals surface area contributed by atoms with E-state index in [-0.39, 0.29) is 45.9 Å². The Balaban J connectivity index is 1.41. The van der Waals surface area contributed by atoms with Gasteiger partial charge >= 0.3 is 6.61 Å². The number of likely N-dealkylation sites (N-methyl/N-ethyl adjacent to an activating group) is 1. The van der Waals surface area contributed by atoms with Crippen LogP contribution in [0.5, 0.6) is 5.75 Å². The molecule has 1 amide bonds. The molecule has 0 saturated carbocycles. The highest BCUT2D eigenvalue weighted by molar-refractivity contribution is 6.33. The second-order valence-electron chi connectivity index (χ2n) is 8.62. The number of alkyl halides is 2. The maximum atomic E-state index is 14.1. The number of rotatable bonds is 7. The number of fused-ring (bicyclic) bond motifs is 1. The van der Waals surface area contributed by atoms with Gasteiger partial charge in [-0.1, -0.05) is 11.6 Å². The zero-order valence-electron chi connectivity index (χ0n) is 19.7. The van der Waals surface area contributed by atoms with Crippen molar-refractivity contribution in [1.82, 2.24) is 20.2 Å². The Labute approximate surface area is 215 Å². The van der Waals surface area contributed by atoms with Crippen LogP contribution in [-0.4, -0.2) is 60.6 Å². The minimum absolute atomic E-state index is 0.0431. The van der Waals surface area contributed by atoms with Gasteiger partial charge < -0.3 is 30.5 Å². The van der Waals surface area contributed by atoms with E-state index in [9.17, 15) is 18.0 Å². The van der Waals surface area contributed by atoms with Crippen molar-refractivity contribution >= 4 is 46.3 Å². The average Bonchev–Trinajstić information content (AvgIpc) is 3.27. The first-order chi connectivity index (χ1) is 17.8. The van der Waals surface area contributed by atoms with Crippen molar-refractivity contribution in [2.75, 3.05) is 48.8 Å². The molecule has 2 aromatic carbocycles. The molecule has 5 rings (SSSR count). The number of aromatic nitrogens is 2. The van der Waals surface area contributed by atoms with Gasteiger partial charge in [-0.15, -0.1) is 0 Å². The second kappa shape index (κ2) is 10.3. The Morgan fingerprint density at radius 2 is 1.86 bits per heavy atom. The summed E-state index contributed by atoms with van der Waals surface area (Å²) in [7, 11) is 2.03. The molecule has 3 aromatic rings. The highest BCUT2D eigenvalue weighted by Gasteiger charge is 2.26. The third-order valence-electron chi connectivity index (χ3n) is 6.20. The van der Waals surface area contributed by atoms with E-state index in [0.717, 1.165) is 31.9 Å². The first-order valence-electron chi connectivity index (χ1n) is 11.5. The maximum absolute atomic E-state index is 14.1. The number of amides is 1. The maximum Gasteiger partial charge on any atom is 0.387 e. The van der Waals surface area contributed by atoms with Crippen molar-refractivity contribution in [2.24, 2.45) is 0 Å². The van der Waals surface area contributed by atoms with E-state index >= 15 is 0 Å². The molecular formula is C24H23ClF3N7O2. The summed E-state index contributed by atoms with van der Waals surface area (Å²) in [5, 5.41) is 8.56. The lowest BCUT2D eigenvalue weighted by molar-refractivity contribution is -0.0493. The van der Waals surface area contributed by atoms with Crippen molar-refractivity contribution in [3.8, 4) is 5.75 Å². The quantitative estimate of drug-likeness (QED) is 0.413. The molecule has 194 valence electrons. The molecule has 13 heteroatoms. The largest absolute Gasteiger partial charge is 0.433 e. The summed E-state index contributed by atoms with van der Waals surface area (Å²) >= 11 is 6.26. The Kier molecular flexibility index (Phi) is 6.94. The number of halogens is 4. The number of ether oxygens (including phenoxy) is 1. The molecule has 1 fully saturated rings. The molecule has 9 nitrogen and oxygen atoms in total. The summed E-state index contributed by atoms with van der Waals surface area (Å²) in [5.74, 6) is -0.802. The van der Waals surface area contributed by atoms with Gasteiger partial charge in [0.05, 0.1) is 23.1 Å². The van der Waals surface area contributed by atoms with Crippen molar-refractivity contribution in [3.63, 3.8) is 0 Å². The van der Waals surface area contributed by atoms with E-state index in [1.807, 2.05) is 13.1 Å². The van der Waals surface area contributed by atoms with E-state index in [1.54, 1.807) is 12.1 Å². The van der Waals surface area contributed by atoms with Gasteiger partial charge in [0, 0.05) is 50.0 Å². The molecule has 0 spiro atoms. The lowest BCUT2D eigenvalue weighted by atomic mass is 10.1. The number of carbonyl (C=O) groups is 1. The van der Waals surface area contributed by atoms with E-state index in [4.69, 9.17) is 16.3 Å². The molecule has 0 radical (unpaired) electrons. The standard InChI is InChI=1S/C24H23ClF3N7O2/c1-34-6-8-35(9-7-34)13-2-4-17(19(10-13)37-23(27)28)32-24-30-12-15(25)21(33-24)31-18-5-3-16(26)14-11-29-22(36)20(14)18/h2-5,10,12,23H,6-9,11H2,1H3,(H,29,36)(H2,30,31,32,33). The number of hydrogen-bond acceptors (Lipinski definition) is 8. The summed E-state index contributed by atoms with van der Waals surface area (Å²) < 4.78 is 45.3. The van der Waals surface area contributed by atoms with Gasteiger partial charge in [-0.2, -0.15) is 13.8 Å². The van der Waals surface area contributed by atoms with Crippen LogP contribution in [0, 0.1) is 5.82 Å². The molecule has 0 atom stereocenters. The molecule has 2 aliphatic rings.